The molecule has 0 aromatic heterocycles. The maximum absolute atomic E-state index is 12.8. The lowest BCUT2D eigenvalue weighted by molar-refractivity contribution is -0.121. The standard InChI is InChI=1S/C38H20N4O10/c43-31-11-12-32(44)39(31)21-5-7-29(25(19-21)41-35(47)15-16-36(41)48)51-27-9-10-28(24-4-2-1-3-23(24)27)52-30-8-6-22(40-33(45)13-14-34(40)46)20-26(30)42-37(49)17-18-38(42)50/h1-20H. The normalized spacial score (nSPS) is 16.7. The largest absolute Gasteiger partial charge is 0.455 e. The first-order valence-corrected chi connectivity index (χ1v) is 15.5. The summed E-state index contributed by atoms with van der Waals surface area (Å²) in [6, 6.07) is 18.5. The molecule has 0 saturated heterocycles. The van der Waals surface area contributed by atoms with Gasteiger partial charge in [0.1, 0.15) is 11.5 Å². The summed E-state index contributed by atoms with van der Waals surface area (Å²) in [5.74, 6) is -4.34. The van der Waals surface area contributed by atoms with E-state index in [4.69, 9.17) is 9.47 Å². The van der Waals surface area contributed by atoms with Gasteiger partial charge in [0.2, 0.25) is 0 Å². The summed E-state index contributed by atoms with van der Waals surface area (Å²) in [6.07, 6.45) is 8.79. The van der Waals surface area contributed by atoms with Gasteiger partial charge in [-0.1, -0.05) is 24.3 Å². The van der Waals surface area contributed by atoms with Gasteiger partial charge >= 0.3 is 0 Å². The van der Waals surface area contributed by atoms with Gasteiger partial charge in [-0.2, -0.15) is 0 Å². The van der Waals surface area contributed by atoms with Crippen LogP contribution < -0.4 is 29.1 Å². The van der Waals surface area contributed by atoms with Gasteiger partial charge in [-0.3, -0.25) is 38.4 Å². The second kappa shape index (κ2) is 12.0. The summed E-state index contributed by atoms with van der Waals surface area (Å²) in [7, 11) is 0. The van der Waals surface area contributed by atoms with E-state index in [0.717, 1.165) is 68.2 Å². The lowest BCUT2D eigenvalue weighted by atomic mass is 10.1. The number of anilines is 4. The molecule has 14 nitrogen and oxygen atoms in total. The molecule has 0 saturated carbocycles. The monoisotopic (exact) mass is 692 g/mol. The van der Waals surface area contributed by atoms with Gasteiger partial charge in [0.25, 0.3) is 47.3 Å². The van der Waals surface area contributed by atoms with Crippen LogP contribution in [0, 0.1) is 0 Å². The molecule has 4 heterocycles. The number of carbonyl (C=O) groups is 8. The minimum Gasteiger partial charge on any atom is -0.455 e. The summed E-state index contributed by atoms with van der Waals surface area (Å²) in [5.41, 5.74) is 0.200. The number of fused-ring (bicyclic) bond motifs is 1. The summed E-state index contributed by atoms with van der Waals surface area (Å²) in [4.78, 5) is 104. The molecule has 0 atom stereocenters. The summed E-state index contributed by atoms with van der Waals surface area (Å²) in [5, 5.41) is 1.02. The zero-order valence-electron chi connectivity index (χ0n) is 26.4. The van der Waals surface area contributed by atoms with Crippen molar-refractivity contribution in [3.63, 3.8) is 0 Å². The predicted octanol–water partition coefficient (Wildman–Crippen LogP) is 4.14. The third kappa shape index (κ3) is 5.14. The number of benzene rings is 4. The molecule has 0 bridgehead atoms. The average Bonchev–Trinajstić information content (AvgIpc) is 3.87. The first-order chi connectivity index (χ1) is 25.1. The van der Waals surface area contributed by atoms with E-state index in [1.54, 1.807) is 36.4 Å². The number of rotatable bonds is 8. The van der Waals surface area contributed by atoms with Crippen molar-refractivity contribution in [1.82, 2.24) is 0 Å². The number of amides is 8. The Balaban J connectivity index is 1.18. The first-order valence-electron chi connectivity index (χ1n) is 15.5. The Morgan fingerprint density at radius 1 is 0.327 bits per heavy atom. The fourth-order valence-corrected chi connectivity index (χ4v) is 6.06. The fourth-order valence-electron chi connectivity index (χ4n) is 6.06. The van der Waals surface area contributed by atoms with Gasteiger partial charge in [-0.25, -0.2) is 19.6 Å². The topological polar surface area (TPSA) is 168 Å². The maximum atomic E-state index is 12.8. The molecule has 52 heavy (non-hydrogen) atoms. The van der Waals surface area contributed by atoms with Gasteiger partial charge < -0.3 is 9.47 Å². The van der Waals surface area contributed by atoms with Crippen molar-refractivity contribution in [3.8, 4) is 23.0 Å². The zero-order valence-corrected chi connectivity index (χ0v) is 26.4. The Morgan fingerprint density at radius 2 is 0.615 bits per heavy atom. The SMILES string of the molecule is O=C1C=CC(=O)N1c1ccc(Oc2ccc(Oc3ccc(N4C(=O)C=CC4=O)cc3N3C(=O)C=CC3=O)c3ccccc23)c(N2C(=O)C=CC2=O)c1. The molecule has 252 valence electrons. The molecular weight excluding hydrogens is 672 g/mol. The number of ether oxygens (including phenoxy) is 2. The number of nitrogens with zero attached hydrogens (tertiary/aromatic N) is 4. The molecule has 4 aliphatic rings. The van der Waals surface area contributed by atoms with E-state index in [0.29, 0.717) is 10.8 Å². The molecule has 0 N–H and O–H groups in total. The minimum absolute atomic E-state index is 0.0159. The third-order valence-corrected chi connectivity index (χ3v) is 8.40. The van der Waals surface area contributed by atoms with Crippen LogP contribution in [0.4, 0.5) is 22.7 Å². The van der Waals surface area contributed by atoms with Crippen LogP contribution in [0.2, 0.25) is 0 Å². The van der Waals surface area contributed by atoms with E-state index in [1.807, 2.05) is 0 Å². The molecule has 0 fully saturated rings. The van der Waals surface area contributed by atoms with E-state index in [2.05, 4.69) is 0 Å². The Morgan fingerprint density at radius 3 is 0.942 bits per heavy atom. The number of carbonyl (C=O) groups excluding carboxylic acids is 8. The Bertz CT molecular complexity index is 2270. The van der Waals surface area contributed by atoms with Crippen LogP contribution in [-0.2, 0) is 38.4 Å². The van der Waals surface area contributed by atoms with Crippen molar-refractivity contribution in [1.29, 1.82) is 0 Å². The smallest absolute Gasteiger partial charge is 0.258 e. The molecule has 4 aromatic rings. The summed E-state index contributed by atoms with van der Waals surface area (Å²) >= 11 is 0. The van der Waals surface area contributed by atoms with Gasteiger partial charge in [-0.05, 0) is 48.5 Å². The van der Waals surface area contributed by atoms with E-state index in [-0.39, 0.29) is 45.7 Å². The van der Waals surface area contributed by atoms with Crippen molar-refractivity contribution in [3.05, 3.63) is 121 Å². The molecule has 0 radical (unpaired) electrons. The molecular formula is C38H20N4O10. The number of hydrogen-bond donors (Lipinski definition) is 0. The first kappa shape index (κ1) is 31.5. The predicted molar refractivity (Wildman–Crippen MR) is 184 cm³/mol. The zero-order chi connectivity index (χ0) is 36.3. The van der Waals surface area contributed by atoms with Crippen molar-refractivity contribution < 1.29 is 47.8 Å². The lowest BCUT2D eigenvalue weighted by Crippen LogP contribution is -2.32. The minimum atomic E-state index is -0.653. The number of imide groups is 4. The van der Waals surface area contributed by atoms with Gasteiger partial charge in [0, 0.05) is 59.4 Å². The average molecular weight is 693 g/mol. The highest BCUT2D eigenvalue weighted by Crippen LogP contribution is 2.44. The molecule has 8 amide bonds. The van der Waals surface area contributed by atoms with E-state index < -0.39 is 47.3 Å². The van der Waals surface area contributed by atoms with Crippen LogP contribution in [0.25, 0.3) is 10.8 Å². The third-order valence-electron chi connectivity index (χ3n) is 8.40. The van der Waals surface area contributed by atoms with Gasteiger partial charge in [0.05, 0.1) is 22.7 Å². The molecule has 14 heteroatoms. The highest BCUT2D eigenvalue weighted by molar-refractivity contribution is 6.32. The molecule has 4 aliphatic heterocycles. The second-order valence-electron chi connectivity index (χ2n) is 11.5. The van der Waals surface area contributed by atoms with Gasteiger partial charge in [0.15, 0.2) is 11.5 Å². The van der Waals surface area contributed by atoms with Crippen LogP contribution in [0.3, 0.4) is 0 Å². The summed E-state index contributed by atoms with van der Waals surface area (Å²) < 4.78 is 12.6. The van der Waals surface area contributed by atoms with Crippen molar-refractivity contribution >= 4 is 80.8 Å². The van der Waals surface area contributed by atoms with E-state index in [9.17, 15) is 38.4 Å². The van der Waals surface area contributed by atoms with Gasteiger partial charge in [-0.15, -0.1) is 0 Å². The molecule has 0 spiro atoms. The quantitative estimate of drug-likeness (QED) is 0.245. The van der Waals surface area contributed by atoms with Crippen molar-refractivity contribution in [2.24, 2.45) is 0 Å². The Hall–Kier alpha value is -7.74. The molecule has 0 aliphatic carbocycles. The highest BCUT2D eigenvalue weighted by Gasteiger charge is 2.33. The van der Waals surface area contributed by atoms with Crippen LogP contribution in [0.1, 0.15) is 0 Å². The highest BCUT2D eigenvalue weighted by atomic mass is 16.5. The fraction of sp³-hybridized carbons (Fsp3) is 0. The van der Waals surface area contributed by atoms with Crippen molar-refractivity contribution in [2.45, 2.75) is 0 Å². The Labute approximate surface area is 292 Å². The molecule has 4 aromatic carbocycles. The number of hydrogen-bond acceptors (Lipinski definition) is 10. The van der Waals surface area contributed by atoms with Crippen LogP contribution >= 0.6 is 0 Å². The second-order valence-corrected chi connectivity index (χ2v) is 11.5. The van der Waals surface area contributed by atoms with E-state index >= 15 is 0 Å². The molecule has 0 unspecified atom stereocenters. The lowest BCUT2D eigenvalue weighted by Gasteiger charge is -2.23. The van der Waals surface area contributed by atoms with Crippen LogP contribution in [0.5, 0.6) is 23.0 Å². The molecule has 8 rings (SSSR count). The van der Waals surface area contributed by atoms with Crippen LogP contribution in [0.15, 0.2) is 121 Å². The van der Waals surface area contributed by atoms with Crippen LogP contribution in [-0.4, -0.2) is 47.3 Å². The van der Waals surface area contributed by atoms with E-state index in [1.165, 1.54) is 36.4 Å². The van der Waals surface area contributed by atoms with Crippen molar-refractivity contribution in [2.75, 3.05) is 19.6 Å². The maximum Gasteiger partial charge on any atom is 0.258 e. The summed E-state index contributed by atoms with van der Waals surface area (Å²) in [6.45, 7) is 0. The Kier molecular flexibility index (Phi) is 7.27.